The van der Waals surface area contributed by atoms with Crippen molar-refractivity contribution in [2.24, 2.45) is 0 Å². The van der Waals surface area contributed by atoms with Crippen molar-refractivity contribution in [2.45, 2.75) is 33.1 Å². The lowest BCUT2D eigenvalue weighted by Crippen LogP contribution is -2.25. The second kappa shape index (κ2) is 5.71. The Kier molecular flexibility index (Phi) is 4.03. The van der Waals surface area contributed by atoms with Crippen LogP contribution in [0.25, 0.3) is 11.0 Å². The van der Waals surface area contributed by atoms with Gasteiger partial charge in [-0.05, 0) is 30.5 Å². The van der Waals surface area contributed by atoms with E-state index in [-0.39, 0.29) is 5.91 Å². The van der Waals surface area contributed by atoms with Crippen molar-refractivity contribution in [1.29, 1.82) is 0 Å². The average Bonchev–Trinajstić information content (AvgIpc) is 2.78. The molecule has 0 saturated heterocycles. The smallest absolute Gasteiger partial charge is 0.224 e. The molecule has 2 rings (SSSR count). The fourth-order valence-electron chi connectivity index (χ4n) is 1.99. The Morgan fingerprint density at radius 3 is 2.89 bits per heavy atom. The van der Waals surface area contributed by atoms with Gasteiger partial charge in [-0.3, -0.25) is 4.79 Å². The van der Waals surface area contributed by atoms with Gasteiger partial charge in [0.1, 0.15) is 5.58 Å². The Labute approximate surface area is 107 Å². The standard InChI is InChI=1S/C15H19NO2/c1-3-7-16-15(17)9-12-10-18-14-6-5-11(4-2)8-13(12)14/h5-6,8,10H,3-4,7,9H2,1-2H3,(H,16,17). The molecule has 3 heteroatoms. The third-order valence-corrected chi connectivity index (χ3v) is 3.05. The van der Waals surface area contributed by atoms with Crippen molar-refractivity contribution >= 4 is 16.9 Å². The summed E-state index contributed by atoms with van der Waals surface area (Å²) in [7, 11) is 0. The second-order valence-corrected chi connectivity index (χ2v) is 4.47. The van der Waals surface area contributed by atoms with Crippen LogP contribution in [0.1, 0.15) is 31.4 Å². The number of fused-ring (bicyclic) bond motifs is 1. The van der Waals surface area contributed by atoms with E-state index in [9.17, 15) is 4.79 Å². The summed E-state index contributed by atoms with van der Waals surface area (Å²) in [6.45, 7) is 4.89. The van der Waals surface area contributed by atoms with Gasteiger partial charge in [-0.15, -0.1) is 0 Å². The van der Waals surface area contributed by atoms with Gasteiger partial charge >= 0.3 is 0 Å². The Hall–Kier alpha value is -1.77. The van der Waals surface area contributed by atoms with Gasteiger partial charge in [-0.25, -0.2) is 0 Å². The van der Waals surface area contributed by atoms with E-state index in [2.05, 4.69) is 24.4 Å². The Morgan fingerprint density at radius 2 is 2.17 bits per heavy atom. The Balaban J connectivity index is 2.20. The largest absolute Gasteiger partial charge is 0.464 e. The van der Waals surface area contributed by atoms with E-state index in [1.807, 2.05) is 13.0 Å². The molecule has 0 radical (unpaired) electrons. The molecule has 0 aliphatic rings. The van der Waals surface area contributed by atoms with Gasteiger partial charge in [-0.1, -0.05) is 19.9 Å². The summed E-state index contributed by atoms with van der Waals surface area (Å²) >= 11 is 0. The topological polar surface area (TPSA) is 42.2 Å². The van der Waals surface area contributed by atoms with Gasteiger partial charge in [0, 0.05) is 17.5 Å². The van der Waals surface area contributed by atoms with Crippen LogP contribution in [-0.4, -0.2) is 12.5 Å². The molecule has 1 N–H and O–H groups in total. The van der Waals surface area contributed by atoms with E-state index in [0.717, 1.165) is 35.9 Å². The van der Waals surface area contributed by atoms with Crippen LogP contribution in [0, 0.1) is 0 Å². The highest BCUT2D eigenvalue weighted by Gasteiger charge is 2.10. The van der Waals surface area contributed by atoms with Crippen molar-refractivity contribution in [3.63, 3.8) is 0 Å². The fourth-order valence-corrected chi connectivity index (χ4v) is 1.99. The second-order valence-electron chi connectivity index (χ2n) is 4.47. The highest BCUT2D eigenvalue weighted by atomic mass is 16.3. The maximum absolute atomic E-state index is 11.7. The number of aryl methyl sites for hydroxylation is 1. The number of carbonyl (C=O) groups excluding carboxylic acids is 1. The first kappa shape index (κ1) is 12.7. The van der Waals surface area contributed by atoms with E-state index < -0.39 is 0 Å². The van der Waals surface area contributed by atoms with Crippen LogP contribution in [0.5, 0.6) is 0 Å². The normalized spacial score (nSPS) is 10.8. The van der Waals surface area contributed by atoms with Gasteiger partial charge < -0.3 is 9.73 Å². The molecule has 0 unspecified atom stereocenters. The highest BCUT2D eigenvalue weighted by molar-refractivity contribution is 5.88. The lowest BCUT2D eigenvalue weighted by atomic mass is 10.1. The minimum Gasteiger partial charge on any atom is -0.464 e. The van der Waals surface area contributed by atoms with Gasteiger partial charge in [0.05, 0.1) is 12.7 Å². The minimum atomic E-state index is 0.0569. The zero-order valence-corrected chi connectivity index (χ0v) is 11.0. The van der Waals surface area contributed by atoms with E-state index >= 15 is 0 Å². The first-order chi connectivity index (χ1) is 8.74. The fraction of sp³-hybridized carbons (Fsp3) is 0.400. The Bertz CT molecular complexity index is 542. The molecule has 0 saturated carbocycles. The quantitative estimate of drug-likeness (QED) is 0.879. The molecule has 18 heavy (non-hydrogen) atoms. The van der Waals surface area contributed by atoms with Crippen LogP contribution >= 0.6 is 0 Å². The molecule has 3 nitrogen and oxygen atoms in total. The Morgan fingerprint density at radius 1 is 1.33 bits per heavy atom. The molecule has 0 fully saturated rings. The van der Waals surface area contributed by atoms with Crippen molar-refractivity contribution in [3.05, 3.63) is 35.6 Å². The minimum absolute atomic E-state index is 0.0569. The van der Waals surface area contributed by atoms with Gasteiger partial charge in [-0.2, -0.15) is 0 Å². The zero-order chi connectivity index (χ0) is 13.0. The van der Waals surface area contributed by atoms with E-state index in [1.165, 1.54) is 5.56 Å². The van der Waals surface area contributed by atoms with Crippen LogP contribution in [0.3, 0.4) is 0 Å². The summed E-state index contributed by atoms with van der Waals surface area (Å²) < 4.78 is 5.47. The van der Waals surface area contributed by atoms with E-state index in [0.29, 0.717) is 6.42 Å². The molecule has 1 aromatic heterocycles. The monoisotopic (exact) mass is 245 g/mol. The van der Waals surface area contributed by atoms with Crippen molar-refractivity contribution in [1.82, 2.24) is 5.32 Å². The van der Waals surface area contributed by atoms with Gasteiger partial charge in [0.15, 0.2) is 0 Å². The van der Waals surface area contributed by atoms with Crippen molar-refractivity contribution in [3.8, 4) is 0 Å². The molecule has 0 bridgehead atoms. The number of benzene rings is 1. The highest BCUT2D eigenvalue weighted by Crippen LogP contribution is 2.23. The maximum atomic E-state index is 11.7. The molecule has 96 valence electrons. The zero-order valence-electron chi connectivity index (χ0n) is 11.0. The van der Waals surface area contributed by atoms with Gasteiger partial charge in [0.25, 0.3) is 0 Å². The SMILES string of the molecule is CCCNC(=O)Cc1coc2ccc(CC)cc12. The predicted octanol–water partition coefficient (Wildman–Crippen LogP) is 3.06. The number of rotatable bonds is 5. The van der Waals surface area contributed by atoms with Gasteiger partial charge in [0.2, 0.25) is 5.91 Å². The first-order valence-corrected chi connectivity index (χ1v) is 6.50. The summed E-state index contributed by atoms with van der Waals surface area (Å²) in [5.41, 5.74) is 3.08. The molecule has 0 aliphatic heterocycles. The summed E-state index contributed by atoms with van der Waals surface area (Å²) in [4.78, 5) is 11.7. The lowest BCUT2D eigenvalue weighted by molar-refractivity contribution is -0.120. The molecule has 1 amide bonds. The lowest BCUT2D eigenvalue weighted by Gasteiger charge is -2.02. The number of nitrogens with one attached hydrogen (secondary N) is 1. The van der Waals surface area contributed by atoms with Crippen molar-refractivity contribution in [2.75, 3.05) is 6.54 Å². The van der Waals surface area contributed by atoms with E-state index in [4.69, 9.17) is 4.42 Å². The number of carbonyl (C=O) groups is 1. The number of furan rings is 1. The molecule has 1 aromatic carbocycles. The van der Waals surface area contributed by atoms with E-state index in [1.54, 1.807) is 6.26 Å². The molecule has 0 atom stereocenters. The van der Waals surface area contributed by atoms with Crippen LogP contribution in [0.15, 0.2) is 28.9 Å². The molecule has 2 aromatic rings. The summed E-state index contributed by atoms with van der Waals surface area (Å²) in [6.07, 6.45) is 4.02. The third kappa shape index (κ3) is 2.73. The number of amides is 1. The van der Waals surface area contributed by atoms with Crippen LogP contribution in [0.2, 0.25) is 0 Å². The molecular formula is C15H19NO2. The average molecular weight is 245 g/mol. The predicted molar refractivity (Wildman–Crippen MR) is 72.6 cm³/mol. The first-order valence-electron chi connectivity index (χ1n) is 6.50. The van der Waals surface area contributed by atoms with Crippen LogP contribution in [0.4, 0.5) is 0 Å². The number of hydrogen-bond donors (Lipinski definition) is 1. The van der Waals surface area contributed by atoms with Crippen molar-refractivity contribution < 1.29 is 9.21 Å². The molecular weight excluding hydrogens is 226 g/mol. The summed E-state index contributed by atoms with van der Waals surface area (Å²) in [5, 5.41) is 3.94. The number of hydrogen-bond acceptors (Lipinski definition) is 2. The molecule has 0 aliphatic carbocycles. The summed E-state index contributed by atoms with van der Waals surface area (Å²) in [6, 6.07) is 6.15. The van der Waals surface area contributed by atoms with Crippen LogP contribution in [-0.2, 0) is 17.6 Å². The maximum Gasteiger partial charge on any atom is 0.224 e. The molecule has 1 heterocycles. The van der Waals surface area contributed by atoms with Crippen LogP contribution < -0.4 is 5.32 Å². The summed E-state index contributed by atoms with van der Waals surface area (Å²) in [5.74, 6) is 0.0569. The molecule has 0 spiro atoms. The third-order valence-electron chi connectivity index (χ3n) is 3.05.